The highest BCUT2D eigenvalue weighted by atomic mass is 127. The van der Waals surface area contributed by atoms with E-state index in [4.69, 9.17) is 4.74 Å². The van der Waals surface area contributed by atoms with Gasteiger partial charge in [0.2, 0.25) is 0 Å². The van der Waals surface area contributed by atoms with Crippen molar-refractivity contribution in [2.24, 2.45) is 10.4 Å². The lowest BCUT2D eigenvalue weighted by Gasteiger charge is -2.61. The van der Waals surface area contributed by atoms with Crippen molar-refractivity contribution in [3.05, 3.63) is 0 Å². The molecule has 1 heterocycles. The number of halogens is 1. The van der Waals surface area contributed by atoms with E-state index in [1.807, 2.05) is 7.05 Å². The van der Waals surface area contributed by atoms with E-state index in [9.17, 15) is 0 Å². The summed E-state index contributed by atoms with van der Waals surface area (Å²) in [6.45, 7) is 3.98. The van der Waals surface area contributed by atoms with Crippen molar-refractivity contribution in [2.75, 3.05) is 26.0 Å². The van der Waals surface area contributed by atoms with Crippen LogP contribution in [-0.4, -0.2) is 49.3 Å². The molecular weight excluding hydrogens is 409 g/mol. The third kappa shape index (κ3) is 3.69. The predicted molar refractivity (Wildman–Crippen MR) is 105 cm³/mol. The number of aliphatic imine (C=N–C) groups is 1. The SMILES string of the molecule is CCOC1CC(NC(=NC)NCC2CCCS2)C12CCC2.I. The van der Waals surface area contributed by atoms with E-state index >= 15 is 0 Å². The number of nitrogens with zero attached hydrogens (tertiary/aromatic N) is 1. The molecule has 0 radical (unpaired) electrons. The van der Waals surface area contributed by atoms with E-state index in [0.29, 0.717) is 17.6 Å². The van der Waals surface area contributed by atoms with E-state index in [2.05, 4.69) is 34.3 Å². The largest absolute Gasteiger partial charge is 0.378 e. The summed E-state index contributed by atoms with van der Waals surface area (Å²) < 4.78 is 5.92. The van der Waals surface area contributed by atoms with E-state index in [-0.39, 0.29) is 24.0 Å². The first-order chi connectivity index (χ1) is 10.3. The van der Waals surface area contributed by atoms with Crippen molar-refractivity contribution in [1.29, 1.82) is 0 Å². The molecule has 22 heavy (non-hydrogen) atoms. The fourth-order valence-corrected chi connectivity index (χ4v) is 5.22. The van der Waals surface area contributed by atoms with E-state index in [1.54, 1.807) is 0 Å². The molecular formula is C16H30IN3OS. The zero-order valence-corrected chi connectivity index (χ0v) is 16.9. The van der Waals surface area contributed by atoms with Crippen molar-refractivity contribution in [3.8, 4) is 0 Å². The van der Waals surface area contributed by atoms with Gasteiger partial charge in [0.15, 0.2) is 5.96 Å². The fraction of sp³-hybridized carbons (Fsp3) is 0.938. The second kappa shape index (κ2) is 8.42. The number of hydrogen-bond donors (Lipinski definition) is 2. The highest BCUT2D eigenvalue weighted by molar-refractivity contribution is 14.0. The Morgan fingerprint density at radius 3 is 2.73 bits per heavy atom. The monoisotopic (exact) mass is 439 g/mol. The third-order valence-electron chi connectivity index (χ3n) is 5.49. The smallest absolute Gasteiger partial charge is 0.191 e. The van der Waals surface area contributed by atoms with Crippen LogP contribution in [0.3, 0.4) is 0 Å². The van der Waals surface area contributed by atoms with Gasteiger partial charge in [0.1, 0.15) is 0 Å². The molecule has 2 N–H and O–H groups in total. The minimum atomic E-state index is 0. The Balaban J connectivity index is 0.00000176. The molecule has 1 saturated heterocycles. The van der Waals surface area contributed by atoms with Crippen LogP contribution >= 0.6 is 35.7 Å². The second-order valence-corrected chi connectivity index (χ2v) is 7.96. The van der Waals surface area contributed by atoms with Crippen molar-refractivity contribution in [3.63, 3.8) is 0 Å². The summed E-state index contributed by atoms with van der Waals surface area (Å²) in [5.41, 5.74) is 0.399. The molecule has 6 heteroatoms. The van der Waals surface area contributed by atoms with Gasteiger partial charge in [-0.2, -0.15) is 11.8 Å². The Labute approximate surface area is 156 Å². The van der Waals surface area contributed by atoms with Gasteiger partial charge < -0.3 is 15.4 Å². The molecule has 0 aromatic rings. The van der Waals surface area contributed by atoms with Gasteiger partial charge >= 0.3 is 0 Å². The zero-order valence-electron chi connectivity index (χ0n) is 13.8. The first kappa shape index (κ1) is 18.6. The molecule has 128 valence electrons. The van der Waals surface area contributed by atoms with Crippen molar-refractivity contribution in [2.45, 2.75) is 62.8 Å². The summed E-state index contributed by atoms with van der Waals surface area (Å²) in [7, 11) is 1.88. The van der Waals surface area contributed by atoms with E-state index in [1.165, 1.54) is 37.9 Å². The number of rotatable bonds is 5. The molecule has 0 bridgehead atoms. The maximum absolute atomic E-state index is 5.92. The molecule has 3 rings (SSSR count). The first-order valence-corrected chi connectivity index (χ1v) is 9.54. The van der Waals surface area contributed by atoms with Crippen LogP contribution in [0.2, 0.25) is 0 Å². The van der Waals surface area contributed by atoms with Gasteiger partial charge in [-0.1, -0.05) is 6.42 Å². The van der Waals surface area contributed by atoms with Crippen LogP contribution in [0.15, 0.2) is 4.99 Å². The average Bonchev–Trinajstić information content (AvgIpc) is 2.92. The van der Waals surface area contributed by atoms with Gasteiger partial charge in [-0.3, -0.25) is 4.99 Å². The van der Waals surface area contributed by atoms with E-state index < -0.39 is 0 Å². The molecule has 0 amide bonds. The normalized spacial score (nSPS) is 32.8. The zero-order chi connectivity index (χ0) is 14.7. The number of nitrogens with one attached hydrogen (secondary N) is 2. The van der Waals surface area contributed by atoms with Gasteiger partial charge in [-0.05, 0) is 44.8 Å². The third-order valence-corrected chi connectivity index (χ3v) is 6.89. The summed E-state index contributed by atoms with van der Waals surface area (Å²) in [5, 5.41) is 7.94. The summed E-state index contributed by atoms with van der Waals surface area (Å²) in [6.07, 6.45) is 8.28. The second-order valence-electron chi connectivity index (χ2n) is 6.55. The number of thioether (sulfide) groups is 1. The molecule has 0 aromatic carbocycles. The quantitative estimate of drug-likeness (QED) is 0.393. The van der Waals surface area contributed by atoms with Crippen molar-refractivity contribution in [1.82, 2.24) is 10.6 Å². The van der Waals surface area contributed by atoms with Crippen molar-refractivity contribution >= 4 is 41.7 Å². The molecule has 1 aliphatic heterocycles. The first-order valence-electron chi connectivity index (χ1n) is 8.49. The number of hydrogen-bond acceptors (Lipinski definition) is 3. The van der Waals surface area contributed by atoms with E-state index in [0.717, 1.165) is 30.8 Å². The highest BCUT2D eigenvalue weighted by Gasteiger charge is 2.59. The lowest BCUT2D eigenvalue weighted by atomic mass is 9.51. The number of ether oxygens (including phenoxy) is 1. The van der Waals surface area contributed by atoms with Crippen LogP contribution in [0.5, 0.6) is 0 Å². The lowest BCUT2D eigenvalue weighted by Crippen LogP contribution is -2.68. The molecule has 2 aliphatic carbocycles. The minimum absolute atomic E-state index is 0. The highest BCUT2D eigenvalue weighted by Crippen LogP contribution is 2.57. The summed E-state index contributed by atoms with van der Waals surface area (Å²) in [4.78, 5) is 4.41. The van der Waals surface area contributed by atoms with Gasteiger partial charge in [-0.15, -0.1) is 24.0 Å². The van der Waals surface area contributed by atoms with Crippen LogP contribution < -0.4 is 10.6 Å². The van der Waals surface area contributed by atoms with Gasteiger partial charge in [0, 0.05) is 36.9 Å². The summed E-state index contributed by atoms with van der Waals surface area (Å²) in [5.74, 6) is 2.30. The lowest BCUT2D eigenvalue weighted by molar-refractivity contribution is -0.168. The standard InChI is InChI=1S/C16H29N3OS.HI/c1-3-20-14-10-13(16(14)7-5-8-16)19-15(17-2)18-11-12-6-4-9-21-12;/h12-14H,3-11H2,1-2H3,(H2,17,18,19);1H. The van der Waals surface area contributed by atoms with Crippen LogP contribution in [0.4, 0.5) is 0 Å². The minimum Gasteiger partial charge on any atom is -0.378 e. The Morgan fingerprint density at radius 2 is 2.18 bits per heavy atom. The Bertz CT molecular complexity index is 384. The summed E-state index contributed by atoms with van der Waals surface area (Å²) in [6, 6.07) is 0.547. The molecule has 2 saturated carbocycles. The van der Waals surface area contributed by atoms with Crippen LogP contribution in [0, 0.1) is 5.41 Å². The van der Waals surface area contributed by atoms with Crippen LogP contribution in [0.25, 0.3) is 0 Å². The molecule has 3 aliphatic rings. The predicted octanol–water partition coefficient (Wildman–Crippen LogP) is 3.01. The van der Waals surface area contributed by atoms with Gasteiger partial charge in [-0.25, -0.2) is 0 Å². The molecule has 0 aromatic heterocycles. The Hall–Kier alpha value is 0.310. The molecule has 3 atom stereocenters. The Morgan fingerprint density at radius 1 is 1.36 bits per heavy atom. The number of guanidine groups is 1. The molecule has 1 spiro atoms. The Kier molecular flexibility index (Phi) is 7.14. The van der Waals surface area contributed by atoms with Crippen LogP contribution in [0.1, 0.15) is 45.4 Å². The van der Waals surface area contributed by atoms with Crippen molar-refractivity contribution < 1.29 is 4.74 Å². The summed E-state index contributed by atoms with van der Waals surface area (Å²) >= 11 is 2.09. The maximum atomic E-state index is 5.92. The maximum Gasteiger partial charge on any atom is 0.191 e. The van der Waals surface area contributed by atoms with Crippen LogP contribution in [-0.2, 0) is 4.74 Å². The fourth-order valence-electron chi connectivity index (χ4n) is 4.02. The van der Waals surface area contributed by atoms with Gasteiger partial charge in [0.25, 0.3) is 0 Å². The molecule has 3 unspecified atom stereocenters. The average molecular weight is 439 g/mol. The topological polar surface area (TPSA) is 45.6 Å². The molecule has 3 fully saturated rings. The molecule has 4 nitrogen and oxygen atoms in total. The van der Waals surface area contributed by atoms with Gasteiger partial charge in [0.05, 0.1) is 6.10 Å².